The average Bonchev–Trinajstić information content (AvgIpc) is 3.10. The van der Waals surface area contributed by atoms with Gasteiger partial charge < -0.3 is 14.2 Å². The standard InChI is InChI=1S/C14H23N3O4S/c1-11-14(12(2)21-15-11)22(18,19)17-6-4-16(5-7-17)9-13-3-8-20-10-13/h13H,3-10H2,1-2H3/t13-/m0/s1. The van der Waals surface area contributed by atoms with E-state index in [0.717, 1.165) is 39.3 Å². The molecule has 0 N–H and O–H groups in total. The van der Waals surface area contributed by atoms with Crippen LogP contribution >= 0.6 is 0 Å². The molecule has 3 heterocycles. The van der Waals surface area contributed by atoms with Crippen molar-refractivity contribution in [1.29, 1.82) is 0 Å². The second-order valence-corrected chi connectivity index (χ2v) is 7.96. The van der Waals surface area contributed by atoms with E-state index in [4.69, 9.17) is 9.26 Å². The SMILES string of the molecule is Cc1noc(C)c1S(=O)(=O)N1CCN(C[C@@H]2CCOC2)CC1. The van der Waals surface area contributed by atoms with Crippen LogP contribution in [0.2, 0.25) is 0 Å². The lowest BCUT2D eigenvalue weighted by atomic mass is 10.1. The van der Waals surface area contributed by atoms with Gasteiger partial charge in [0.15, 0.2) is 5.76 Å². The van der Waals surface area contributed by atoms with E-state index in [-0.39, 0.29) is 4.90 Å². The molecule has 2 aliphatic rings. The number of nitrogens with zero attached hydrogens (tertiary/aromatic N) is 3. The molecule has 2 saturated heterocycles. The summed E-state index contributed by atoms with van der Waals surface area (Å²) in [6.07, 6.45) is 1.11. The minimum Gasteiger partial charge on any atom is -0.381 e. The predicted molar refractivity (Wildman–Crippen MR) is 80.1 cm³/mol. The number of piperazine rings is 1. The maximum Gasteiger partial charge on any atom is 0.248 e. The molecule has 0 aromatic carbocycles. The molecule has 7 nitrogen and oxygen atoms in total. The van der Waals surface area contributed by atoms with Crippen LogP contribution in [0.15, 0.2) is 9.42 Å². The second-order valence-electron chi connectivity index (χ2n) is 6.09. The van der Waals surface area contributed by atoms with Gasteiger partial charge in [0.1, 0.15) is 10.6 Å². The predicted octanol–water partition coefficient (Wildman–Crippen LogP) is 0.634. The van der Waals surface area contributed by atoms with Crippen LogP contribution in [0, 0.1) is 19.8 Å². The van der Waals surface area contributed by atoms with E-state index in [1.165, 1.54) is 0 Å². The van der Waals surface area contributed by atoms with Crippen molar-refractivity contribution in [1.82, 2.24) is 14.4 Å². The molecular formula is C14H23N3O4S. The van der Waals surface area contributed by atoms with Crippen molar-refractivity contribution in [3.63, 3.8) is 0 Å². The van der Waals surface area contributed by atoms with Crippen LogP contribution in [-0.4, -0.2) is 68.7 Å². The zero-order valence-electron chi connectivity index (χ0n) is 13.1. The quantitative estimate of drug-likeness (QED) is 0.807. The molecular weight excluding hydrogens is 306 g/mol. The van der Waals surface area contributed by atoms with Crippen molar-refractivity contribution in [2.45, 2.75) is 25.2 Å². The Hall–Kier alpha value is -0.960. The van der Waals surface area contributed by atoms with E-state index in [9.17, 15) is 8.42 Å². The first-order chi connectivity index (χ1) is 10.5. The van der Waals surface area contributed by atoms with Crippen LogP contribution in [0.5, 0.6) is 0 Å². The molecule has 0 amide bonds. The van der Waals surface area contributed by atoms with Crippen LogP contribution in [-0.2, 0) is 14.8 Å². The summed E-state index contributed by atoms with van der Waals surface area (Å²) in [5.41, 5.74) is 0.433. The fourth-order valence-corrected chi connectivity index (χ4v) is 4.93. The summed E-state index contributed by atoms with van der Waals surface area (Å²) in [7, 11) is -3.50. The van der Waals surface area contributed by atoms with Crippen molar-refractivity contribution in [2.24, 2.45) is 5.92 Å². The largest absolute Gasteiger partial charge is 0.381 e. The van der Waals surface area contributed by atoms with E-state index in [1.54, 1.807) is 18.2 Å². The van der Waals surface area contributed by atoms with Crippen molar-refractivity contribution in [2.75, 3.05) is 45.9 Å². The molecule has 22 heavy (non-hydrogen) atoms. The molecule has 0 bridgehead atoms. The van der Waals surface area contributed by atoms with Crippen molar-refractivity contribution < 1.29 is 17.7 Å². The Morgan fingerprint density at radius 3 is 2.50 bits per heavy atom. The molecule has 1 aromatic rings. The second kappa shape index (κ2) is 6.27. The first-order valence-corrected chi connectivity index (χ1v) is 9.15. The third-order valence-corrected chi connectivity index (χ3v) is 6.58. The fourth-order valence-electron chi connectivity index (χ4n) is 3.22. The first-order valence-electron chi connectivity index (χ1n) is 7.71. The van der Waals surface area contributed by atoms with Gasteiger partial charge in [0.05, 0.1) is 6.61 Å². The van der Waals surface area contributed by atoms with Crippen molar-refractivity contribution in [3.8, 4) is 0 Å². The Morgan fingerprint density at radius 2 is 1.95 bits per heavy atom. The highest BCUT2D eigenvalue weighted by Gasteiger charge is 2.33. The smallest absolute Gasteiger partial charge is 0.248 e. The molecule has 1 aromatic heterocycles. The molecule has 3 rings (SSSR count). The minimum atomic E-state index is -3.50. The zero-order valence-corrected chi connectivity index (χ0v) is 13.9. The summed E-state index contributed by atoms with van der Waals surface area (Å²) < 4.78 is 37.4. The van der Waals surface area contributed by atoms with Crippen LogP contribution in [0.1, 0.15) is 17.9 Å². The van der Waals surface area contributed by atoms with Gasteiger partial charge >= 0.3 is 0 Å². The molecule has 2 aliphatic heterocycles. The molecule has 1 atom stereocenters. The Kier molecular flexibility index (Phi) is 4.54. The number of aromatic nitrogens is 1. The summed E-state index contributed by atoms with van der Waals surface area (Å²) in [5.74, 6) is 0.953. The van der Waals surface area contributed by atoms with Gasteiger partial charge in [-0.2, -0.15) is 4.31 Å². The van der Waals surface area contributed by atoms with Gasteiger partial charge in [-0.3, -0.25) is 0 Å². The van der Waals surface area contributed by atoms with Gasteiger partial charge in [-0.15, -0.1) is 0 Å². The summed E-state index contributed by atoms with van der Waals surface area (Å²) in [6, 6.07) is 0. The highest BCUT2D eigenvalue weighted by atomic mass is 32.2. The maximum absolute atomic E-state index is 12.7. The van der Waals surface area contributed by atoms with E-state index in [0.29, 0.717) is 30.5 Å². The average molecular weight is 329 g/mol. The minimum absolute atomic E-state index is 0.227. The maximum atomic E-state index is 12.7. The number of sulfonamides is 1. The van der Waals surface area contributed by atoms with Crippen LogP contribution < -0.4 is 0 Å². The van der Waals surface area contributed by atoms with Crippen LogP contribution in [0.4, 0.5) is 0 Å². The zero-order chi connectivity index (χ0) is 15.7. The summed E-state index contributed by atoms with van der Waals surface area (Å²) >= 11 is 0. The van der Waals surface area contributed by atoms with Gasteiger partial charge in [-0.25, -0.2) is 8.42 Å². The number of hydrogen-bond acceptors (Lipinski definition) is 6. The molecule has 0 unspecified atom stereocenters. The van der Waals surface area contributed by atoms with Gasteiger partial charge in [-0.1, -0.05) is 5.16 Å². The third-order valence-electron chi connectivity index (χ3n) is 4.44. The van der Waals surface area contributed by atoms with Gasteiger partial charge in [0.25, 0.3) is 0 Å². The molecule has 2 fully saturated rings. The van der Waals surface area contributed by atoms with Crippen molar-refractivity contribution >= 4 is 10.0 Å². The fraction of sp³-hybridized carbons (Fsp3) is 0.786. The summed E-state index contributed by atoms with van der Waals surface area (Å²) in [4.78, 5) is 2.56. The topological polar surface area (TPSA) is 75.9 Å². The Balaban J connectivity index is 1.63. The molecule has 0 saturated carbocycles. The van der Waals surface area contributed by atoms with Crippen LogP contribution in [0.25, 0.3) is 0 Å². The number of ether oxygens (including phenoxy) is 1. The third kappa shape index (κ3) is 3.05. The normalized spacial score (nSPS) is 24.9. The van der Waals surface area contributed by atoms with Crippen molar-refractivity contribution in [3.05, 3.63) is 11.5 Å². The molecule has 0 aliphatic carbocycles. The molecule has 124 valence electrons. The Labute approximate surface area is 131 Å². The highest BCUT2D eigenvalue weighted by molar-refractivity contribution is 7.89. The Morgan fingerprint density at radius 1 is 1.23 bits per heavy atom. The lowest BCUT2D eigenvalue weighted by Crippen LogP contribution is -2.49. The van der Waals surface area contributed by atoms with Crippen LogP contribution in [0.3, 0.4) is 0 Å². The Bertz CT molecular complexity index is 595. The first kappa shape index (κ1) is 15.9. The van der Waals surface area contributed by atoms with E-state index in [2.05, 4.69) is 10.1 Å². The van der Waals surface area contributed by atoms with Gasteiger partial charge in [-0.05, 0) is 26.2 Å². The van der Waals surface area contributed by atoms with E-state index < -0.39 is 10.0 Å². The molecule has 8 heteroatoms. The van der Waals surface area contributed by atoms with Gasteiger partial charge in [0, 0.05) is 39.3 Å². The number of hydrogen-bond donors (Lipinski definition) is 0. The number of aryl methyl sites for hydroxylation is 2. The monoisotopic (exact) mass is 329 g/mol. The summed E-state index contributed by atoms with van der Waals surface area (Å²) in [5, 5.41) is 3.76. The molecule has 0 radical (unpaired) electrons. The molecule has 0 spiro atoms. The summed E-state index contributed by atoms with van der Waals surface area (Å²) in [6.45, 7) is 8.54. The lowest BCUT2D eigenvalue weighted by Gasteiger charge is -2.34. The highest BCUT2D eigenvalue weighted by Crippen LogP contribution is 2.24. The number of rotatable bonds is 4. The van der Waals surface area contributed by atoms with E-state index >= 15 is 0 Å². The lowest BCUT2D eigenvalue weighted by molar-refractivity contribution is 0.143. The van der Waals surface area contributed by atoms with Gasteiger partial charge in [0.2, 0.25) is 10.0 Å². The van der Waals surface area contributed by atoms with E-state index in [1.807, 2.05) is 0 Å².